The molecule has 9 heteroatoms. The number of carbonyl (C=O) groups excluding carboxylic acids is 1. The summed E-state index contributed by atoms with van der Waals surface area (Å²) in [5.41, 5.74) is 1.37. The van der Waals surface area contributed by atoms with E-state index in [1.807, 2.05) is 24.3 Å². The molecule has 0 atom stereocenters. The first-order valence-electron chi connectivity index (χ1n) is 11.1. The lowest BCUT2D eigenvalue weighted by atomic mass is 9.87. The highest BCUT2D eigenvalue weighted by Gasteiger charge is 2.39. The van der Waals surface area contributed by atoms with Crippen LogP contribution in [0.2, 0.25) is 0 Å². The van der Waals surface area contributed by atoms with Crippen LogP contribution in [0.25, 0.3) is 10.9 Å². The summed E-state index contributed by atoms with van der Waals surface area (Å²) in [6, 6.07) is 13.8. The third kappa shape index (κ3) is 5.84. The molecule has 3 N–H and O–H groups in total. The van der Waals surface area contributed by atoms with Crippen molar-refractivity contribution in [3.05, 3.63) is 70.9 Å². The van der Waals surface area contributed by atoms with Gasteiger partial charge in [-0.25, -0.2) is 4.79 Å². The lowest BCUT2D eigenvalue weighted by Gasteiger charge is -2.39. The number of benzene rings is 2. The maximum absolute atomic E-state index is 13.1. The molecule has 4 rings (SSSR count). The average molecular weight is 483 g/mol. The number of likely N-dealkylation sites (tertiary alicyclic amines) is 1. The predicted molar refractivity (Wildman–Crippen MR) is 125 cm³/mol. The van der Waals surface area contributed by atoms with E-state index in [1.165, 1.54) is 11.0 Å². The first-order valence-corrected chi connectivity index (χ1v) is 11.1. The minimum Gasteiger partial charge on any atom is -0.478 e. The highest BCUT2D eigenvalue weighted by Crippen LogP contribution is 2.26. The smallest absolute Gasteiger partial charge is 0.401 e. The number of nitrogens with one attached hydrogen (secondary N) is 2. The van der Waals surface area contributed by atoms with Crippen LogP contribution in [0.4, 0.5) is 13.2 Å². The fourth-order valence-electron chi connectivity index (χ4n) is 4.28. The summed E-state index contributed by atoms with van der Waals surface area (Å²) >= 11 is 0. The molecule has 3 aromatic rings. The van der Waals surface area contributed by atoms with Crippen molar-refractivity contribution in [2.24, 2.45) is 0 Å². The number of piperidine rings is 1. The predicted octanol–water partition coefficient (Wildman–Crippen LogP) is 4.35. The van der Waals surface area contributed by atoms with E-state index < -0.39 is 30.1 Å². The minimum atomic E-state index is -4.30. The van der Waals surface area contributed by atoms with Gasteiger partial charge in [-0.05, 0) is 55.7 Å². The molecule has 0 saturated carbocycles. The SMILES string of the molecule is Cc1cc(C#CC2(NC(=O)c3cc4ccccc4[nH]3)CCN(CC(F)(F)F)CC2)ccc1C(=O)O. The van der Waals surface area contributed by atoms with Crippen molar-refractivity contribution >= 4 is 22.8 Å². The van der Waals surface area contributed by atoms with E-state index in [0.29, 0.717) is 16.8 Å². The molecule has 35 heavy (non-hydrogen) atoms. The lowest BCUT2D eigenvalue weighted by Crippen LogP contribution is -2.55. The number of amides is 1. The van der Waals surface area contributed by atoms with Crippen LogP contribution in [-0.2, 0) is 0 Å². The number of hydrogen-bond donors (Lipinski definition) is 3. The Kier molecular flexibility index (Phi) is 6.59. The molecule has 0 radical (unpaired) electrons. The standard InChI is InChI=1S/C26H24F3N3O3/c1-17-14-18(6-7-20(17)24(34)35)8-9-25(10-12-32(13-11-25)16-26(27,28)29)31-23(33)22-15-19-4-2-3-5-21(19)30-22/h2-7,14-15,30H,10-13,16H2,1H3,(H,31,33)(H,34,35). The van der Waals surface area contributed by atoms with E-state index in [-0.39, 0.29) is 31.5 Å². The second kappa shape index (κ2) is 9.47. The van der Waals surface area contributed by atoms with Gasteiger partial charge >= 0.3 is 12.1 Å². The second-order valence-electron chi connectivity index (χ2n) is 8.78. The molecule has 0 bridgehead atoms. The number of aromatic nitrogens is 1. The number of carbonyl (C=O) groups is 2. The molecule has 1 aliphatic rings. The summed E-state index contributed by atoms with van der Waals surface area (Å²) in [6.45, 7) is 0.899. The molecule has 0 spiro atoms. The Hall–Kier alpha value is -3.77. The molecule has 6 nitrogen and oxygen atoms in total. The second-order valence-corrected chi connectivity index (χ2v) is 8.78. The Labute approximate surface area is 200 Å². The molecule has 1 saturated heterocycles. The lowest BCUT2D eigenvalue weighted by molar-refractivity contribution is -0.148. The summed E-state index contributed by atoms with van der Waals surface area (Å²) in [5.74, 6) is 4.66. The van der Waals surface area contributed by atoms with Crippen molar-refractivity contribution in [2.75, 3.05) is 19.6 Å². The molecule has 2 heterocycles. The molecular formula is C26H24F3N3O3. The number of rotatable bonds is 4. The fourth-order valence-corrected chi connectivity index (χ4v) is 4.28. The number of halogens is 3. The molecule has 182 valence electrons. The third-order valence-corrected chi connectivity index (χ3v) is 6.14. The fraction of sp³-hybridized carbons (Fsp3) is 0.308. The van der Waals surface area contributed by atoms with Crippen LogP contribution in [0, 0.1) is 18.8 Å². The number of aryl methyl sites for hydroxylation is 1. The Morgan fingerprint density at radius 2 is 1.86 bits per heavy atom. The average Bonchev–Trinajstić information content (AvgIpc) is 3.23. The van der Waals surface area contributed by atoms with Crippen molar-refractivity contribution in [1.82, 2.24) is 15.2 Å². The summed E-state index contributed by atoms with van der Waals surface area (Å²) in [6.07, 6.45) is -3.87. The maximum Gasteiger partial charge on any atom is 0.401 e. The van der Waals surface area contributed by atoms with Gasteiger partial charge in [0.2, 0.25) is 0 Å². The van der Waals surface area contributed by atoms with Crippen molar-refractivity contribution in [1.29, 1.82) is 0 Å². The molecule has 1 amide bonds. The van der Waals surface area contributed by atoms with Crippen LogP contribution < -0.4 is 5.32 Å². The van der Waals surface area contributed by atoms with Gasteiger partial charge in [-0.1, -0.05) is 30.0 Å². The van der Waals surface area contributed by atoms with E-state index in [0.717, 1.165) is 10.9 Å². The van der Waals surface area contributed by atoms with Crippen LogP contribution in [0.1, 0.15) is 44.8 Å². The summed E-state index contributed by atoms with van der Waals surface area (Å²) in [5, 5.41) is 13.1. The minimum absolute atomic E-state index is 0.123. The molecule has 1 fully saturated rings. The highest BCUT2D eigenvalue weighted by molar-refractivity contribution is 5.98. The zero-order chi connectivity index (χ0) is 25.2. The maximum atomic E-state index is 13.1. The molecule has 2 aromatic carbocycles. The van der Waals surface area contributed by atoms with Gasteiger partial charge in [0.15, 0.2) is 0 Å². The number of H-pyrrole nitrogens is 1. The first-order chi connectivity index (χ1) is 16.5. The third-order valence-electron chi connectivity index (χ3n) is 6.14. The van der Waals surface area contributed by atoms with Gasteiger partial charge in [-0.2, -0.15) is 13.2 Å². The molecule has 1 aliphatic heterocycles. The zero-order valence-corrected chi connectivity index (χ0v) is 19.0. The topological polar surface area (TPSA) is 85.4 Å². The van der Waals surface area contributed by atoms with Crippen molar-refractivity contribution in [2.45, 2.75) is 31.5 Å². The van der Waals surface area contributed by atoms with E-state index in [9.17, 15) is 27.9 Å². The Balaban J connectivity index is 1.60. The van der Waals surface area contributed by atoms with E-state index in [4.69, 9.17) is 0 Å². The quantitative estimate of drug-likeness (QED) is 0.482. The summed E-state index contributed by atoms with van der Waals surface area (Å²) < 4.78 is 38.6. The number of para-hydroxylation sites is 1. The molecular weight excluding hydrogens is 459 g/mol. The number of hydrogen-bond acceptors (Lipinski definition) is 3. The van der Waals surface area contributed by atoms with Gasteiger partial charge in [0.1, 0.15) is 11.2 Å². The van der Waals surface area contributed by atoms with Crippen molar-refractivity contribution < 1.29 is 27.9 Å². The van der Waals surface area contributed by atoms with Gasteiger partial charge < -0.3 is 15.4 Å². The van der Waals surface area contributed by atoms with Gasteiger partial charge in [-0.3, -0.25) is 9.69 Å². The summed E-state index contributed by atoms with van der Waals surface area (Å²) in [7, 11) is 0. The first kappa shape index (κ1) is 24.4. The van der Waals surface area contributed by atoms with Crippen LogP contribution in [-0.4, -0.2) is 58.2 Å². The number of fused-ring (bicyclic) bond motifs is 1. The van der Waals surface area contributed by atoms with E-state index >= 15 is 0 Å². The van der Waals surface area contributed by atoms with Gasteiger partial charge in [0.05, 0.1) is 12.1 Å². The van der Waals surface area contributed by atoms with Gasteiger partial charge in [0.25, 0.3) is 5.91 Å². The Morgan fingerprint density at radius 1 is 1.14 bits per heavy atom. The number of carboxylic acid groups (broad SMARTS) is 1. The summed E-state index contributed by atoms with van der Waals surface area (Å²) in [4.78, 5) is 28.8. The largest absolute Gasteiger partial charge is 0.478 e. The van der Waals surface area contributed by atoms with Crippen molar-refractivity contribution in [3.8, 4) is 11.8 Å². The number of nitrogens with zero attached hydrogens (tertiary/aromatic N) is 1. The van der Waals surface area contributed by atoms with Gasteiger partial charge in [0, 0.05) is 29.6 Å². The number of aromatic amines is 1. The van der Waals surface area contributed by atoms with E-state index in [2.05, 4.69) is 22.1 Å². The number of carboxylic acids is 1. The van der Waals surface area contributed by atoms with Gasteiger partial charge in [-0.15, -0.1) is 0 Å². The van der Waals surface area contributed by atoms with Crippen LogP contribution in [0.15, 0.2) is 48.5 Å². The number of aromatic carboxylic acids is 1. The highest BCUT2D eigenvalue weighted by atomic mass is 19.4. The van der Waals surface area contributed by atoms with E-state index in [1.54, 1.807) is 25.1 Å². The Morgan fingerprint density at radius 3 is 2.49 bits per heavy atom. The van der Waals surface area contributed by atoms with Crippen LogP contribution in [0.3, 0.4) is 0 Å². The molecule has 0 aliphatic carbocycles. The monoisotopic (exact) mass is 483 g/mol. The molecule has 1 aromatic heterocycles. The normalized spacial score (nSPS) is 15.9. The number of alkyl halides is 3. The van der Waals surface area contributed by atoms with Crippen molar-refractivity contribution in [3.63, 3.8) is 0 Å². The van der Waals surface area contributed by atoms with Crippen LogP contribution >= 0.6 is 0 Å². The Bertz CT molecular complexity index is 1290. The zero-order valence-electron chi connectivity index (χ0n) is 19.0. The van der Waals surface area contributed by atoms with Crippen LogP contribution in [0.5, 0.6) is 0 Å². The molecule has 0 unspecified atom stereocenters.